The molecule has 2 aromatic carbocycles. The van der Waals surface area contributed by atoms with Gasteiger partial charge in [0.15, 0.2) is 0 Å². The van der Waals surface area contributed by atoms with Crippen LogP contribution >= 0.6 is 0 Å². The maximum atomic E-state index is 12.8. The molecule has 0 radical (unpaired) electrons. The molecule has 7 heteroatoms. The average molecular weight is 489 g/mol. The Balaban J connectivity index is 1.51. The van der Waals surface area contributed by atoms with Gasteiger partial charge in [0.25, 0.3) is 11.5 Å². The Hall–Kier alpha value is -3.29. The molecule has 0 spiro atoms. The molecule has 4 rings (SSSR count). The Morgan fingerprint density at radius 2 is 1.92 bits per heavy atom. The number of nitrogens with one attached hydrogen (secondary N) is 1. The Morgan fingerprint density at radius 3 is 2.64 bits per heavy atom. The Labute approximate surface area is 212 Å². The molecule has 1 aliphatic carbocycles. The molecule has 1 fully saturated rings. The third kappa shape index (κ3) is 5.74. The molecule has 0 saturated heterocycles. The van der Waals surface area contributed by atoms with Crippen LogP contribution in [-0.2, 0) is 10.2 Å². The van der Waals surface area contributed by atoms with Gasteiger partial charge in [-0.1, -0.05) is 42.0 Å². The first-order valence-electron chi connectivity index (χ1n) is 12.7. The molecule has 0 bridgehead atoms. The first-order valence-corrected chi connectivity index (χ1v) is 12.7. The second kappa shape index (κ2) is 11.6. The number of carbonyl (C=O) groups excluding carboxylic acids is 1. The van der Waals surface area contributed by atoms with Gasteiger partial charge < -0.3 is 15.8 Å². The number of nitrogens with two attached hydrogens (primary N) is 1. The third-order valence-corrected chi connectivity index (χ3v) is 7.34. The minimum Gasteiger partial charge on any atom is -0.385 e. The van der Waals surface area contributed by atoms with Crippen LogP contribution in [0.2, 0.25) is 0 Å². The van der Waals surface area contributed by atoms with E-state index in [-0.39, 0.29) is 22.9 Å². The molecule has 0 aliphatic heterocycles. The number of hydrogen-bond acceptors (Lipinski definition) is 5. The molecule has 3 N–H and O–H groups in total. The van der Waals surface area contributed by atoms with Crippen LogP contribution in [0.4, 0.5) is 0 Å². The van der Waals surface area contributed by atoms with Gasteiger partial charge in [0.2, 0.25) is 0 Å². The van der Waals surface area contributed by atoms with Crippen molar-refractivity contribution in [1.29, 1.82) is 0 Å². The molecule has 1 heterocycles. The van der Waals surface area contributed by atoms with E-state index in [1.807, 2.05) is 18.2 Å². The maximum absolute atomic E-state index is 12.8. The smallest absolute Gasteiger partial charge is 0.267 e. The van der Waals surface area contributed by atoms with E-state index in [4.69, 9.17) is 15.6 Å². The molecular weight excluding hydrogens is 452 g/mol. The summed E-state index contributed by atoms with van der Waals surface area (Å²) in [4.78, 5) is 25.3. The fourth-order valence-corrected chi connectivity index (χ4v) is 5.17. The van der Waals surface area contributed by atoms with Crippen molar-refractivity contribution in [3.8, 4) is 11.3 Å². The minimum absolute atomic E-state index is 0.0224. The summed E-state index contributed by atoms with van der Waals surface area (Å²) in [5.41, 5.74) is 10.7. The fraction of sp³-hybridized carbons (Fsp3) is 0.414. The molecule has 1 saturated carbocycles. The number of nitrogens with zero attached hydrogens (tertiary/aromatic N) is 2. The summed E-state index contributed by atoms with van der Waals surface area (Å²) in [6, 6.07) is 19.3. The van der Waals surface area contributed by atoms with Gasteiger partial charge in [0, 0.05) is 49.4 Å². The van der Waals surface area contributed by atoms with Crippen LogP contribution in [0.1, 0.15) is 59.6 Å². The van der Waals surface area contributed by atoms with Crippen molar-refractivity contribution >= 4 is 5.91 Å². The van der Waals surface area contributed by atoms with Crippen molar-refractivity contribution in [2.45, 2.75) is 50.5 Å². The van der Waals surface area contributed by atoms with Crippen LogP contribution in [-0.4, -0.2) is 42.5 Å². The number of hydrogen-bond donors (Lipinski definition) is 2. The Bertz CT molecular complexity index is 1250. The maximum Gasteiger partial charge on any atom is 0.267 e. The van der Waals surface area contributed by atoms with E-state index in [9.17, 15) is 9.59 Å². The standard InChI is InChI=1S/C29H36N4O3/c1-21-6-3-9-24(18-21)29(20-30)14-12-25(13-15-29)33-27(34)11-10-26(32-33)22-7-4-8-23(19-22)28(35)31-16-5-17-36-2/h3-4,6-11,18-19,25H,5,12-17,20,30H2,1-2H3,(H,31,35). The van der Waals surface area contributed by atoms with Crippen LogP contribution in [0.15, 0.2) is 65.5 Å². The van der Waals surface area contributed by atoms with E-state index in [0.717, 1.165) is 37.7 Å². The molecule has 1 aromatic heterocycles. The molecule has 3 aromatic rings. The predicted molar refractivity (Wildman–Crippen MR) is 142 cm³/mol. The summed E-state index contributed by atoms with van der Waals surface area (Å²) in [5.74, 6) is -0.136. The summed E-state index contributed by atoms with van der Waals surface area (Å²) in [5, 5.41) is 7.65. The zero-order chi connectivity index (χ0) is 25.5. The number of aromatic nitrogens is 2. The molecule has 7 nitrogen and oxygen atoms in total. The highest BCUT2D eigenvalue weighted by atomic mass is 16.5. The van der Waals surface area contributed by atoms with Gasteiger partial charge in [0.05, 0.1) is 11.7 Å². The largest absolute Gasteiger partial charge is 0.385 e. The van der Waals surface area contributed by atoms with Crippen molar-refractivity contribution in [3.63, 3.8) is 0 Å². The highest BCUT2D eigenvalue weighted by molar-refractivity contribution is 5.95. The second-order valence-electron chi connectivity index (χ2n) is 9.77. The van der Waals surface area contributed by atoms with E-state index in [1.165, 1.54) is 11.1 Å². The first-order chi connectivity index (χ1) is 17.5. The number of amides is 1. The predicted octanol–water partition coefficient (Wildman–Crippen LogP) is 4.00. The van der Waals surface area contributed by atoms with Crippen molar-refractivity contribution in [2.75, 3.05) is 26.8 Å². The van der Waals surface area contributed by atoms with Crippen molar-refractivity contribution < 1.29 is 9.53 Å². The monoisotopic (exact) mass is 488 g/mol. The lowest BCUT2D eigenvalue weighted by atomic mass is 9.68. The topological polar surface area (TPSA) is 99.2 Å². The number of benzene rings is 2. The Morgan fingerprint density at radius 1 is 1.14 bits per heavy atom. The number of aryl methyl sites for hydroxylation is 1. The zero-order valence-corrected chi connectivity index (χ0v) is 21.2. The number of methoxy groups -OCH3 is 1. The zero-order valence-electron chi connectivity index (χ0n) is 21.2. The van der Waals surface area contributed by atoms with Gasteiger partial charge in [-0.15, -0.1) is 0 Å². The Kier molecular flexibility index (Phi) is 8.33. The summed E-state index contributed by atoms with van der Waals surface area (Å²) < 4.78 is 6.66. The van der Waals surface area contributed by atoms with Gasteiger partial charge in [-0.2, -0.15) is 5.10 Å². The van der Waals surface area contributed by atoms with E-state index in [0.29, 0.717) is 31.0 Å². The number of carbonyl (C=O) groups is 1. The minimum atomic E-state index is -0.136. The molecule has 190 valence electrons. The quantitative estimate of drug-likeness (QED) is 0.444. The average Bonchev–Trinajstić information content (AvgIpc) is 2.91. The molecule has 1 amide bonds. The van der Waals surface area contributed by atoms with Crippen LogP contribution in [0.25, 0.3) is 11.3 Å². The SMILES string of the molecule is COCCCNC(=O)c1cccc(-c2ccc(=O)n(C3CCC(CN)(c4cccc(C)c4)CC3)n2)c1. The van der Waals surface area contributed by atoms with Gasteiger partial charge in [-0.3, -0.25) is 9.59 Å². The van der Waals surface area contributed by atoms with Gasteiger partial charge in [-0.25, -0.2) is 4.68 Å². The molecule has 0 unspecified atom stereocenters. The summed E-state index contributed by atoms with van der Waals surface area (Å²) >= 11 is 0. The van der Waals surface area contributed by atoms with Crippen molar-refractivity contribution in [3.05, 3.63) is 87.7 Å². The third-order valence-electron chi connectivity index (χ3n) is 7.34. The molecule has 0 atom stereocenters. The van der Waals surface area contributed by atoms with Crippen molar-refractivity contribution in [2.24, 2.45) is 5.73 Å². The van der Waals surface area contributed by atoms with Gasteiger partial charge in [0.1, 0.15) is 0 Å². The second-order valence-corrected chi connectivity index (χ2v) is 9.77. The normalized spacial score (nSPS) is 19.7. The lowest BCUT2D eigenvalue weighted by Crippen LogP contribution is -2.41. The lowest BCUT2D eigenvalue weighted by molar-refractivity contribution is 0.0948. The van der Waals surface area contributed by atoms with Crippen LogP contribution in [0.5, 0.6) is 0 Å². The van der Waals surface area contributed by atoms with Crippen LogP contribution in [0, 0.1) is 6.92 Å². The summed E-state index contributed by atoms with van der Waals surface area (Å²) in [6.45, 7) is 3.85. The highest BCUT2D eigenvalue weighted by Gasteiger charge is 2.37. The molecule has 1 aliphatic rings. The molecular formula is C29H36N4O3. The summed E-state index contributed by atoms with van der Waals surface area (Å²) in [7, 11) is 1.64. The number of rotatable bonds is 9. The van der Waals surface area contributed by atoms with Crippen LogP contribution in [0.3, 0.4) is 0 Å². The lowest BCUT2D eigenvalue weighted by Gasteiger charge is -2.40. The molecule has 36 heavy (non-hydrogen) atoms. The van der Waals surface area contributed by atoms with Crippen molar-refractivity contribution in [1.82, 2.24) is 15.1 Å². The van der Waals surface area contributed by atoms with Gasteiger partial charge in [-0.05, 0) is 62.8 Å². The number of ether oxygens (including phenoxy) is 1. The van der Waals surface area contributed by atoms with Gasteiger partial charge >= 0.3 is 0 Å². The van der Waals surface area contributed by atoms with E-state index >= 15 is 0 Å². The summed E-state index contributed by atoms with van der Waals surface area (Å²) in [6.07, 6.45) is 4.26. The van der Waals surface area contributed by atoms with E-state index in [1.54, 1.807) is 30.0 Å². The first kappa shape index (κ1) is 25.8. The highest BCUT2D eigenvalue weighted by Crippen LogP contribution is 2.42. The van der Waals surface area contributed by atoms with Crippen LogP contribution < -0.4 is 16.6 Å². The van der Waals surface area contributed by atoms with E-state index < -0.39 is 0 Å². The van der Waals surface area contributed by atoms with E-state index in [2.05, 4.69) is 36.5 Å². The fourth-order valence-electron chi connectivity index (χ4n) is 5.17.